The minimum Gasteiger partial charge on any atom is -0.469 e. The molecule has 0 bridgehead atoms. The molecule has 0 amide bonds. The Morgan fingerprint density at radius 2 is 1.65 bits per heavy atom. The molecule has 6 heteroatoms. The second-order valence-electron chi connectivity index (χ2n) is 5.17. The van der Waals surface area contributed by atoms with Crippen molar-refractivity contribution >= 4 is 5.97 Å². The summed E-state index contributed by atoms with van der Waals surface area (Å²) in [6.07, 6.45) is -0.311. The van der Waals surface area contributed by atoms with Crippen LogP contribution in [0.1, 0.15) is 18.9 Å². The summed E-state index contributed by atoms with van der Waals surface area (Å²) in [5, 5.41) is 37.8. The summed E-state index contributed by atoms with van der Waals surface area (Å²) in [4.78, 5) is 11.9. The van der Waals surface area contributed by atoms with Crippen LogP contribution in [0.3, 0.4) is 0 Å². The molecule has 0 aliphatic carbocycles. The monoisotopic (exact) mass is 306 g/mol. The van der Waals surface area contributed by atoms with Crippen LogP contribution >= 0.6 is 0 Å². The maximum atomic E-state index is 11.9. The van der Waals surface area contributed by atoms with Gasteiger partial charge in [0.2, 0.25) is 0 Å². The molecule has 0 spiro atoms. The van der Waals surface area contributed by atoms with E-state index in [0.717, 1.165) is 0 Å². The molecule has 0 radical (unpaired) electrons. The standard InChI is InChI=1S/C17H14N4O2/c1-16(8-15(22)23-2,13-6-4-3-5-7-13)17(11-20,12-21)14(9-18)10-19/h3-7,14H,8H2,1-2H3. The van der Waals surface area contributed by atoms with Crippen LogP contribution in [-0.4, -0.2) is 13.1 Å². The molecule has 23 heavy (non-hydrogen) atoms. The van der Waals surface area contributed by atoms with Crippen molar-refractivity contribution < 1.29 is 9.53 Å². The first-order chi connectivity index (χ1) is 11.0. The molecule has 0 aliphatic heterocycles. The van der Waals surface area contributed by atoms with Gasteiger partial charge in [-0.2, -0.15) is 21.0 Å². The van der Waals surface area contributed by atoms with E-state index >= 15 is 0 Å². The van der Waals surface area contributed by atoms with E-state index < -0.39 is 22.7 Å². The number of carbonyl (C=O) groups excluding carboxylic acids is 1. The number of hydrogen-bond donors (Lipinski definition) is 0. The Morgan fingerprint density at radius 1 is 1.13 bits per heavy atom. The minimum absolute atomic E-state index is 0.311. The van der Waals surface area contributed by atoms with Crippen LogP contribution in [-0.2, 0) is 14.9 Å². The van der Waals surface area contributed by atoms with Crippen LogP contribution in [0.5, 0.6) is 0 Å². The summed E-state index contributed by atoms with van der Waals surface area (Å²) < 4.78 is 4.68. The van der Waals surface area contributed by atoms with E-state index in [4.69, 9.17) is 0 Å². The predicted octanol–water partition coefficient (Wildman–Crippen LogP) is 2.20. The summed E-state index contributed by atoms with van der Waals surface area (Å²) in [6.45, 7) is 1.52. The fraction of sp³-hybridized carbons (Fsp3) is 0.353. The molecule has 1 atom stereocenters. The zero-order valence-corrected chi connectivity index (χ0v) is 12.8. The first-order valence-corrected chi connectivity index (χ1v) is 6.69. The minimum atomic E-state index is -2.02. The maximum Gasteiger partial charge on any atom is 0.306 e. The molecule has 6 nitrogen and oxygen atoms in total. The van der Waals surface area contributed by atoms with Gasteiger partial charge >= 0.3 is 5.97 Å². The Hall–Kier alpha value is -3.35. The molecule has 0 saturated heterocycles. The van der Waals surface area contributed by atoms with Crippen LogP contribution in [0.25, 0.3) is 0 Å². The van der Waals surface area contributed by atoms with Crippen molar-refractivity contribution in [1.82, 2.24) is 0 Å². The summed E-state index contributed by atoms with van der Waals surface area (Å²) in [5.74, 6) is -2.16. The summed E-state index contributed by atoms with van der Waals surface area (Å²) in [6, 6.07) is 15.5. The lowest BCUT2D eigenvalue weighted by Crippen LogP contribution is -2.47. The smallest absolute Gasteiger partial charge is 0.306 e. The molecular formula is C17H14N4O2. The third-order valence-electron chi connectivity index (χ3n) is 4.05. The number of carbonyl (C=O) groups is 1. The van der Waals surface area contributed by atoms with Crippen LogP contribution in [0.2, 0.25) is 0 Å². The summed E-state index contributed by atoms with van der Waals surface area (Å²) in [5.41, 5.74) is -2.91. The topological polar surface area (TPSA) is 121 Å². The fourth-order valence-corrected chi connectivity index (χ4v) is 2.58. The highest BCUT2D eigenvalue weighted by molar-refractivity contribution is 5.72. The Kier molecular flexibility index (Phi) is 5.45. The summed E-state index contributed by atoms with van der Waals surface area (Å²) in [7, 11) is 1.19. The maximum absolute atomic E-state index is 11.9. The van der Waals surface area contributed by atoms with Crippen LogP contribution in [0, 0.1) is 56.7 Å². The van der Waals surface area contributed by atoms with E-state index in [0.29, 0.717) is 5.56 Å². The highest BCUT2D eigenvalue weighted by Gasteiger charge is 2.57. The molecule has 0 N–H and O–H groups in total. The highest BCUT2D eigenvalue weighted by atomic mass is 16.5. The molecule has 1 rings (SSSR count). The first kappa shape index (κ1) is 17.7. The van der Waals surface area contributed by atoms with Crippen LogP contribution in [0.4, 0.5) is 0 Å². The normalized spacial score (nSPS) is 12.8. The molecule has 1 aromatic rings. The third-order valence-corrected chi connectivity index (χ3v) is 4.05. The van der Waals surface area contributed by atoms with Crippen LogP contribution in [0.15, 0.2) is 30.3 Å². The van der Waals surface area contributed by atoms with E-state index in [-0.39, 0.29) is 6.42 Å². The van der Waals surface area contributed by atoms with Gasteiger partial charge in [0.25, 0.3) is 0 Å². The lowest BCUT2D eigenvalue weighted by molar-refractivity contribution is -0.142. The Bertz CT molecular complexity index is 718. The largest absolute Gasteiger partial charge is 0.469 e. The molecule has 114 valence electrons. The van der Waals surface area contributed by atoms with Crippen molar-refractivity contribution in [2.75, 3.05) is 7.11 Å². The van der Waals surface area contributed by atoms with Crippen molar-refractivity contribution in [2.24, 2.45) is 11.3 Å². The van der Waals surface area contributed by atoms with Gasteiger partial charge < -0.3 is 4.74 Å². The Labute approximate surface area is 134 Å². The number of methoxy groups -OCH3 is 1. The molecule has 0 aromatic heterocycles. The van der Waals surface area contributed by atoms with Crippen LogP contribution < -0.4 is 0 Å². The molecule has 0 heterocycles. The van der Waals surface area contributed by atoms with E-state index in [1.807, 2.05) is 12.1 Å². The van der Waals surface area contributed by atoms with E-state index in [1.54, 1.807) is 42.5 Å². The fourth-order valence-electron chi connectivity index (χ4n) is 2.58. The van der Waals surface area contributed by atoms with Gasteiger partial charge in [-0.1, -0.05) is 37.3 Å². The predicted molar refractivity (Wildman–Crippen MR) is 78.8 cm³/mol. The number of benzene rings is 1. The third kappa shape index (κ3) is 2.84. The highest BCUT2D eigenvalue weighted by Crippen LogP contribution is 2.48. The van der Waals surface area contributed by atoms with Crippen molar-refractivity contribution in [1.29, 1.82) is 21.0 Å². The first-order valence-electron chi connectivity index (χ1n) is 6.69. The van der Waals surface area contributed by atoms with Gasteiger partial charge in [0.15, 0.2) is 11.3 Å². The molecular weight excluding hydrogens is 292 g/mol. The van der Waals surface area contributed by atoms with Gasteiger partial charge in [0, 0.05) is 5.41 Å². The average molecular weight is 306 g/mol. The van der Waals surface area contributed by atoms with Gasteiger partial charge in [-0.05, 0) is 5.56 Å². The SMILES string of the molecule is COC(=O)CC(C)(c1ccccc1)C(C#N)(C#N)C(C#N)C#N. The van der Waals surface area contributed by atoms with Gasteiger partial charge in [-0.3, -0.25) is 4.79 Å². The Morgan fingerprint density at radius 3 is 2.04 bits per heavy atom. The number of hydrogen-bond acceptors (Lipinski definition) is 6. The van der Waals surface area contributed by atoms with Gasteiger partial charge in [0.05, 0.1) is 37.8 Å². The number of nitriles is 4. The molecule has 1 unspecified atom stereocenters. The molecule has 0 saturated carbocycles. The number of ether oxygens (including phenoxy) is 1. The zero-order valence-electron chi connectivity index (χ0n) is 12.8. The molecule has 1 aromatic carbocycles. The molecule has 0 aliphatic rings. The number of rotatable bonds is 5. The molecule has 0 fully saturated rings. The average Bonchev–Trinajstić information content (AvgIpc) is 2.60. The lowest BCUT2D eigenvalue weighted by Gasteiger charge is -2.39. The summed E-state index contributed by atoms with van der Waals surface area (Å²) >= 11 is 0. The second-order valence-corrected chi connectivity index (χ2v) is 5.17. The van der Waals surface area contributed by atoms with E-state index in [9.17, 15) is 25.8 Å². The number of nitrogens with zero attached hydrogens (tertiary/aromatic N) is 4. The van der Waals surface area contributed by atoms with Crippen molar-refractivity contribution in [3.63, 3.8) is 0 Å². The lowest BCUT2D eigenvalue weighted by atomic mass is 9.56. The van der Waals surface area contributed by atoms with Gasteiger partial charge in [-0.15, -0.1) is 0 Å². The van der Waals surface area contributed by atoms with Crippen molar-refractivity contribution in [2.45, 2.75) is 18.8 Å². The van der Waals surface area contributed by atoms with Crippen molar-refractivity contribution in [3.8, 4) is 24.3 Å². The van der Waals surface area contributed by atoms with E-state index in [1.165, 1.54) is 14.0 Å². The Balaban J connectivity index is 3.72. The quantitative estimate of drug-likeness (QED) is 0.768. The second kappa shape index (κ2) is 7.08. The van der Waals surface area contributed by atoms with E-state index in [2.05, 4.69) is 4.74 Å². The zero-order chi connectivity index (χ0) is 17.5. The number of esters is 1. The van der Waals surface area contributed by atoms with Gasteiger partial charge in [-0.25, -0.2) is 0 Å². The van der Waals surface area contributed by atoms with Crippen molar-refractivity contribution in [3.05, 3.63) is 35.9 Å². The van der Waals surface area contributed by atoms with Gasteiger partial charge in [0.1, 0.15) is 0 Å².